The van der Waals surface area contributed by atoms with Gasteiger partial charge < -0.3 is 24.9 Å². The summed E-state index contributed by atoms with van der Waals surface area (Å²) in [4.78, 5) is 37.0. The third-order valence-electron chi connectivity index (χ3n) is 3.34. The van der Waals surface area contributed by atoms with Crippen LogP contribution in [0.3, 0.4) is 0 Å². The van der Waals surface area contributed by atoms with Crippen molar-refractivity contribution in [3.63, 3.8) is 0 Å². The predicted octanol–water partition coefficient (Wildman–Crippen LogP) is 2.06. The predicted molar refractivity (Wildman–Crippen MR) is 90.2 cm³/mol. The highest BCUT2D eigenvalue weighted by Crippen LogP contribution is 2.28. The number of nitro groups is 1. The van der Waals surface area contributed by atoms with Crippen LogP contribution in [0, 0.1) is 17.0 Å². The van der Waals surface area contributed by atoms with E-state index in [0.717, 1.165) is 5.56 Å². The van der Waals surface area contributed by atoms with Gasteiger partial charge in [-0.1, -0.05) is 24.3 Å². The molecule has 0 spiro atoms. The first kappa shape index (κ1) is 18.8. The molecule has 9 heteroatoms. The quantitative estimate of drug-likeness (QED) is 0.347. The van der Waals surface area contributed by atoms with Crippen LogP contribution < -0.4 is 10.1 Å². The second-order valence-electron chi connectivity index (χ2n) is 5.28. The van der Waals surface area contributed by atoms with E-state index in [4.69, 9.17) is 4.74 Å². The molecule has 0 saturated carbocycles. The highest BCUT2D eigenvalue weighted by molar-refractivity contribution is 5.80. The average Bonchev–Trinajstić information content (AvgIpc) is 2.60. The maximum Gasteiger partial charge on any atom is 0.406 e. The molecule has 0 radical (unpaired) electrons. The fourth-order valence-corrected chi connectivity index (χ4v) is 2.15. The van der Waals surface area contributed by atoms with Gasteiger partial charge in [0.2, 0.25) is 5.75 Å². The van der Waals surface area contributed by atoms with Crippen molar-refractivity contribution in [3.05, 3.63) is 63.8 Å². The van der Waals surface area contributed by atoms with E-state index in [9.17, 15) is 19.7 Å². The smallest absolute Gasteiger partial charge is 0.406 e. The third-order valence-corrected chi connectivity index (χ3v) is 3.34. The number of ether oxygens (including phenoxy) is 2. The maximum atomic E-state index is 12.0. The molecular weight excluding hydrogens is 342 g/mol. The van der Waals surface area contributed by atoms with E-state index in [1.165, 1.54) is 25.3 Å². The molecule has 0 aliphatic heterocycles. The summed E-state index contributed by atoms with van der Waals surface area (Å²) in [6, 6.07) is 9.94. The van der Waals surface area contributed by atoms with Crippen molar-refractivity contribution in [2.45, 2.75) is 20.1 Å². The Kier molecular flexibility index (Phi) is 6.20. The minimum absolute atomic E-state index is 0.0986. The molecule has 0 fully saturated rings. The zero-order chi connectivity index (χ0) is 19.1. The van der Waals surface area contributed by atoms with Crippen LogP contribution in [0.2, 0.25) is 0 Å². The van der Waals surface area contributed by atoms with E-state index in [1.807, 2.05) is 19.1 Å². The van der Waals surface area contributed by atoms with E-state index in [-0.39, 0.29) is 5.75 Å². The lowest BCUT2D eigenvalue weighted by Gasteiger charge is -2.22. The number of esters is 1. The molecule has 2 rings (SSSR count). The number of hydrogen-bond donors (Lipinski definition) is 1. The molecule has 0 bridgehead atoms. The Morgan fingerprint density at radius 3 is 2.65 bits per heavy atom. The van der Waals surface area contributed by atoms with Crippen molar-refractivity contribution < 1.29 is 24.0 Å². The van der Waals surface area contributed by atoms with Gasteiger partial charge in [0.05, 0.1) is 0 Å². The number of nitrogens with one attached hydrogen (secondary N) is 1. The molecule has 1 unspecified atom stereocenters. The molecular formula is C17H17N3O6. The molecule has 9 nitrogen and oxygen atoms in total. The Morgan fingerprint density at radius 1 is 1.27 bits per heavy atom. The van der Waals surface area contributed by atoms with Crippen LogP contribution in [0.1, 0.15) is 24.3 Å². The lowest BCUT2D eigenvalue weighted by Crippen LogP contribution is -2.35. The Hall–Kier alpha value is -3.49. The number of nitrogens with zero attached hydrogens (tertiary/aromatic N) is 2. The van der Waals surface area contributed by atoms with Crippen molar-refractivity contribution in [1.29, 1.82) is 0 Å². The van der Waals surface area contributed by atoms with Crippen LogP contribution in [0.5, 0.6) is 5.75 Å². The largest absolute Gasteiger partial charge is 0.457 e. The average molecular weight is 359 g/mol. The first-order chi connectivity index (χ1) is 12.4. The zero-order valence-corrected chi connectivity index (χ0v) is 14.2. The Balaban J connectivity index is 2.30. The lowest BCUT2D eigenvalue weighted by molar-refractivity contribution is -0.390. The summed E-state index contributed by atoms with van der Waals surface area (Å²) >= 11 is 0. The summed E-state index contributed by atoms with van der Waals surface area (Å²) < 4.78 is 10.3. The topological polar surface area (TPSA) is 121 Å². The molecule has 136 valence electrons. The summed E-state index contributed by atoms with van der Waals surface area (Å²) in [6.45, 7) is 2.50. The second-order valence-corrected chi connectivity index (χ2v) is 5.28. The van der Waals surface area contributed by atoms with E-state index >= 15 is 0 Å². The van der Waals surface area contributed by atoms with Crippen molar-refractivity contribution in [2.24, 2.45) is 0 Å². The van der Waals surface area contributed by atoms with Gasteiger partial charge in [-0.3, -0.25) is 9.59 Å². The Labute approximate surface area is 149 Å². The molecule has 1 aromatic heterocycles. The molecule has 1 N–H and O–H groups in total. The fourth-order valence-electron chi connectivity index (χ4n) is 2.15. The van der Waals surface area contributed by atoms with Crippen LogP contribution in [-0.4, -0.2) is 28.4 Å². The normalized spacial score (nSPS) is 11.3. The third kappa shape index (κ3) is 5.00. The van der Waals surface area contributed by atoms with Crippen LogP contribution in [-0.2, 0) is 14.3 Å². The summed E-state index contributed by atoms with van der Waals surface area (Å²) in [6.07, 6.45) is 0.245. The lowest BCUT2D eigenvalue weighted by atomic mass is 10.1. The van der Waals surface area contributed by atoms with Gasteiger partial charge in [-0.25, -0.2) is 0 Å². The molecule has 26 heavy (non-hydrogen) atoms. The number of pyridine rings is 1. The molecule has 1 heterocycles. The van der Waals surface area contributed by atoms with Crippen LogP contribution in [0.15, 0.2) is 42.6 Å². The number of carbonyl (C=O) groups is 2. The van der Waals surface area contributed by atoms with Gasteiger partial charge in [0.25, 0.3) is 5.91 Å². The van der Waals surface area contributed by atoms with Crippen LogP contribution >= 0.6 is 0 Å². The number of amides is 1. The SMILES string of the molecule is CC(=O)OCC(=O)NC(Oc1cccnc1[N+](=O)[O-])c1ccccc1C. The minimum atomic E-state index is -1.03. The molecule has 0 aliphatic rings. The Morgan fingerprint density at radius 2 is 2.00 bits per heavy atom. The van der Waals surface area contributed by atoms with Crippen LogP contribution in [0.4, 0.5) is 5.82 Å². The number of rotatable bonds is 7. The molecule has 1 atom stereocenters. The standard InChI is InChI=1S/C17H17N3O6/c1-11-6-3-4-7-13(11)17(19-15(22)10-25-12(2)21)26-14-8-5-9-18-16(14)20(23)24/h3-9,17H,10H2,1-2H3,(H,19,22). The van der Waals surface area contributed by atoms with Crippen molar-refractivity contribution in [3.8, 4) is 5.75 Å². The first-order valence-electron chi connectivity index (χ1n) is 7.63. The van der Waals surface area contributed by atoms with Crippen molar-refractivity contribution >= 4 is 17.7 Å². The van der Waals surface area contributed by atoms with Gasteiger partial charge >= 0.3 is 11.8 Å². The van der Waals surface area contributed by atoms with Gasteiger partial charge in [0.15, 0.2) is 12.8 Å². The molecule has 1 aromatic carbocycles. The summed E-state index contributed by atoms with van der Waals surface area (Å²) in [5.41, 5.74) is 1.40. The van der Waals surface area contributed by atoms with E-state index in [0.29, 0.717) is 5.56 Å². The monoisotopic (exact) mass is 359 g/mol. The van der Waals surface area contributed by atoms with Crippen molar-refractivity contribution in [1.82, 2.24) is 10.3 Å². The summed E-state index contributed by atoms with van der Waals surface area (Å²) in [5, 5.41) is 13.7. The summed E-state index contributed by atoms with van der Waals surface area (Å²) in [7, 11) is 0. The molecule has 0 aliphatic carbocycles. The second kappa shape index (κ2) is 8.56. The first-order valence-corrected chi connectivity index (χ1v) is 7.63. The minimum Gasteiger partial charge on any atom is -0.457 e. The van der Waals surface area contributed by atoms with E-state index in [1.54, 1.807) is 12.1 Å². The van der Waals surface area contributed by atoms with E-state index < -0.39 is 35.5 Å². The van der Waals surface area contributed by atoms with Gasteiger partial charge in [0, 0.05) is 12.5 Å². The molecule has 2 aromatic rings. The van der Waals surface area contributed by atoms with Gasteiger partial charge in [-0.05, 0) is 34.5 Å². The van der Waals surface area contributed by atoms with Gasteiger partial charge in [0.1, 0.15) is 6.20 Å². The number of benzene rings is 1. The number of hydrogen-bond acceptors (Lipinski definition) is 7. The zero-order valence-electron chi connectivity index (χ0n) is 14.2. The maximum absolute atomic E-state index is 12.0. The highest BCUT2D eigenvalue weighted by Gasteiger charge is 2.24. The fraction of sp³-hybridized carbons (Fsp3) is 0.235. The van der Waals surface area contributed by atoms with Gasteiger partial charge in [-0.2, -0.15) is 0 Å². The number of carbonyl (C=O) groups excluding carboxylic acids is 2. The number of aromatic nitrogens is 1. The van der Waals surface area contributed by atoms with Gasteiger partial charge in [-0.15, -0.1) is 0 Å². The molecule has 0 saturated heterocycles. The molecule has 1 amide bonds. The number of aryl methyl sites for hydroxylation is 1. The summed E-state index contributed by atoms with van der Waals surface area (Å²) in [5.74, 6) is -1.78. The van der Waals surface area contributed by atoms with Crippen LogP contribution in [0.25, 0.3) is 0 Å². The Bertz CT molecular complexity index is 824. The van der Waals surface area contributed by atoms with Crippen molar-refractivity contribution in [2.75, 3.05) is 6.61 Å². The highest BCUT2D eigenvalue weighted by atomic mass is 16.6. The van der Waals surface area contributed by atoms with E-state index in [2.05, 4.69) is 15.0 Å².